The smallest absolute Gasteiger partial charge is 0.356 e. The third kappa shape index (κ3) is 13.0. The molecule has 0 aliphatic carbocycles. The van der Waals surface area contributed by atoms with E-state index < -0.39 is 5.97 Å². The summed E-state index contributed by atoms with van der Waals surface area (Å²) in [6.07, 6.45) is 23.6. The molecule has 2 aromatic carbocycles. The largest absolute Gasteiger partial charge is 0.476 e. The summed E-state index contributed by atoms with van der Waals surface area (Å²) >= 11 is 0. The van der Waals surface area contributed by atoms with Crippen molar-refractivity contribution in [2.24, 2.45) is 0 Å². The van der Waals surface area contributed by atoms with E-state index in [0.717, 1.165) is 52.1 Å². The molecule has 3 radical (unpaired) electrons. The van der Waals surface area contributed by atoms with Gasteiger partial charge in [0.05, 0.1) is 72.7 Å². The Bertz CT molecular complexity index is 3120. The molecule has 12 rings (SSSR count). The Morgan fingerprint density at radius 1 is 0.605 bits per heavy atom. The molecular weight excluding hydrogens is 975 g/mol. The Balaban J connectivity index is 0.000000168. The number of carboxylic acids is 1. The van der Waals surface area contributed by atoms with Gasteiger partial charge in [0.15, 0.2) is 5.69 Å². The van der Waals surface area contributed by atoms with Crippen LogP contribution in [0.4, 0.5) is 0 Å². The normalized spacial score (nSPS) is 19.0. The topological polar surface area (TPSA) is 257 Å². The van der Waals surface area contributed by atoms with Crippen LogP contribution in [0.1, 0.15) is 102 Å². The average molecular weight is 1040 g/mol. The number of hydrogen-bond donors (Lipinski definition) is 2. The van der Waals surface area contributed by atoms with Crippen molar-refractivity contribution in [1.82, 2.24) is 68.5 Å². The minimum atomic E-state index is -1.13. The molecule has 4 aliphatic heterocycles. The van der Waals surface area contributed by atoms with E-state index in [1.54, 1.807) is 81.5 Å². The number of imidazole rings is 2. The molecule has 6 aromatic heterocycles. The molecule has 2 N–H and O–H groups in total. The molecule has 4 aliphatic rings. The maximum absolute atomic E-state index is 13.5. The van der Waals surface area contributed by atoms with Crippen molar-refractivity contribution in [3.05, 3.63) is 133 Å². The molecule has 24 heteroatoms. The zero-order chi connectivity index (χ0) is 52.1. The number of rotatable bonds is 10. The number of ether oxygens (including phenoxy) is 4. The van der Waals surface area contributed by atoms with Crippen molar-refractivity contribution in [2.75, 3.05) is 39.5 Å². The van der Waals surface area contributed by atoms with E-state index in [1.165, 1.54) is 47.7 Å². The molecule has 395 valence electrons. The SMILES string of the molecule is C1CCOC1.C1CCOC1.C[C@@H]1CC[C@@H](Oc2nccn3cc(C(=O)O)nc23)CN1C(=O)c1ccccc1-n1nccn1.C[C@@H]1CC[C@@H](Oc2nccn3cc(CO)nc23)CN1C(=O)c1ccccc1-n1nccn1.[B]. The lowest BCUT2D eigenvalue weighted by Gasteiger charge is -2.38. The summed E-state index contributed by atoms with van der Waals surface area (Å²) < 4.78 is 25.5. The molecule has 76 heavy (non-hydrogen) atoms. The predicted octanol–water partition coefficient (Wildman–Crippen LogP) is 5.17. The van der Waals surface area contributed by atoms with Gasteiger partial charge in [-0.05, 0) is 89.5 Å². The number of aromatic carboxylic acids is 1. The van der Waals surface area contributed by atoms with E-state index >= 15 is 0 Å². The summed E-state index contributed by atoms with van der Waals surface area (Å²) in [6.45, 7) is 8.68. The van der Waals surface area contributed by atoms with E-state index in [4.69, 9.17) is 18.9 Å². The fourth-order valence-electron chi connectivity index (χ4n) is 9.08. The van der Waals surface area contributed by atoms with Crippen LogP contribution in [0.25, 0.3) is 22.7 Å². The number of fused-ring (bicyclic) bond motifs is 2. The Morgan fingerprint density at radius 2 is 1.04 bits per heavy atom. The molecule has 0 unspecified atom stereocenters. The van der Waals surface area contributed by atoms with Crippen LogP contribution in [-0.4, -0.2) is 169 Å². The summed E-state index contributed by atoms with van der Waals surface area (Å²) in [5, 5.41) is 35.3. The zero-order valence-corrected chi connectivity index (χ0v) is 42.4. The quantitative estimate of drug-likeness (QED) is 0.168. The molecule has 8 aromatic rings. The second-order valence-electron chi connectivity index (χ2n) is 18.3. The molecular formula is C52H60BN14O9. The first-order valence-corrected chi connectivity index (χ1v) is 25.2. The Labute approximate surface area is 440 Å². The first kappa shape index (κ1) is 54.2. The standard InChI is InChI=1S/C22H21N7O4.C22H23N7O3.2C4H8O.B/c1-14-6-7-15(33-20-19-26-17(22(31)32)13-27(19)11-10-23-20)12-28(14)21(30)16-4-2-3-5-18(16)29-24-8-9-25-29;1-15-6-7-17(32-21-20-26-16(14-30)12-27(20)11-10-23-21)13-28(15)22(31)18-4-2-3-5-19(18)29-24-8-9-25-29;2*1-2-4-5-3-1;/h2-5,8-11,13-15H,6-7,12H2,1H3,(H,31,32);2-5,8-12,15,17,30H,6-7,13-14H2,1H3;2*1-4H2;/t14-,15-;15-,17-;;;/m11.../s1. The third-order valence-corrected chi connectivity index (χ3v) is 13.1. The summed E-state index contributed by atoms with van der Waals surface area (Å²) in [5.74, 6) is -0.728. The van der Waals surface area contributed by atoms with Crippen molar-refractivity contribution in [2.45, 2.75) is 96.1 Å². The van der Waals surface area contributed by atoms with Crippen molar-refractivity contribution < 1.29 is 43.5 Å². The number of nitrogens with zero attached hydrogens (tertiary/aromatic N) is 14. The molecule has 2 amide bonds. The summed E-state index contributed by atoms with van der Waals surface area (Å²) in [5.41, 5.74) is 3.60. The number of amides is 2. The highest BCUT2D eigenvalue weighted by Gasteiger charge is 2.34. The minimum Gasteiger partial charge on any atom is -0.476 e. The highest BCUT2D eigenvalue weighted by molar-refractivity contribution is 5.98. The average Bonchev–Trinajstić information content (AvgIpc) is 4.32. The number of likely N-dealkylation sites (tertiary alicyclic amines) is 2. The molecule has 23 nitrogen and oxygen atoms in total. The van der Waals surface area contributed by atoms with Gasteiger partial charge in [-0.1, -0.05) is 24.3 Å². The van der Waals surface area contributed by atoms with Crippen LogP contribution in [0, 0.1) is 0 Å². The van der Waals surface area contributed by atoms with Gasteiger partial charge in [0.25, 0.3) is 23.6 Å². The number of aromatic nitrogens is 12. The van der Waals surface area contributed by atoms with E-state index in [9.17, 15) is 24.6 Å². The number of carbonyl (C=O) groups is 3. The van der Waals surface area contributed by atoms with E-state index in [0.29, 0.717) is 58.5 Å². The number of aliphatic hydroxyl groups excluding tert-OH is 1. The minimum absolute atomic E-state index is 0. The lowest BCUT2D eigenvalue weighted by atomic mass is 9.99. The van der Waals surface area contributed by atoms with Crippen molar-refractivity contribution in [3.63, 3.8) is 0 Å². The van der Waals surface area contributed by atoms with Gasteiger partial charge in [-0.2, -0.15) is 30.0 Å². The van der Waals surface area contributed by atoms with E-state index in [-0.39, 0.29) is 62.7 Å². The Kier molecular flexibility index (Phi) is 18.5. The number of carbonyl (C=O) groups excluding carboxylic acids is 2. The number of carboxylic acid groups (broad SMARTS) is 1. The predicted molar refractivity (Wildman–Crippen MR) is 276 cm³/mol. The maximum atomic E-state index is 13.5. The van der Waals surface area contributed by atoms with Crippen LogP contribution in [-0.2, 0) is 16.1 Å². The highest BCUT2D eigenvalue weighted by Crippen LogP contribution is 2.28. The van der Waals surface area contributed by atoms with E-state index in [2.05, 4.69) is 40.3 Å². The van der Waals surface area contributed by atoms with Crippen LogP contribution < -0.4 is 9.47 Å². The number of piperidine rings is 2. The van der Waals surface area contributed by atoms with Gasteiger partial charge in [0.2, 0.25) is 11.3 Å². The van der Waals surface area contributed by atoms with Crippen LogP contribution in [0.15, 0.2) is 110 Å². The van der Waals surface area contributed by atoms with Gasteiger partial charge in [0, 0.05) is 84.1 Å². The monoisotopic (exact) mass is 1040 g/mol. The third-order valence-electron chi connectivity index (χ3n) is 13.1. The molecule has 10 heterocycles. The Hall–Kier alpha value is -8.09. The Morgan fingerprint density at radius 3 is 1.46 bits per heavy atom. The molecule has 4 saturated heterocycles. The van der Waals surface area contributed by atoms with Crippen molar-refractivity contribution >= 4 is 37.5 Å². The second kappa shape index (κ2) is 25.9. The number of para-hydroxylation sites is 2. The molecule has 4 atom stereocenters. The van der Waals surface area contributed by atoms with Gasteiger partial charge in [-0.3, -0.25) is 9.59 Å². The fraction of sp³-hybridized carbons (Fsp3) is 0.404. The molecule has 0 bridgehead atoms. The molecule has 0 saturated carbocycles. The van der Waals surface area contributed by atoms with Gasteiger partial charge in [-0.15, -0.1) is 0 Å². The molecule has 4 fully saturated rings. The van der Waals surface area contributed by atoms with Gasteiger partial charge in [-0.25, -0.2) is 24.7 Å². The number of benzene rings is 2. The first-order chi connectivity index (χ1) is 36.6. The summed E-state index contributed by atoms with van der Waals surface area (Å²) in [4.78, 5) is 61.9. The molecule has 0 spiro atoms. The number of aliphatic hydroxyl groups is 1. The zero-order valence-electron chi connectivity index (χ0n) is 42.4. The van der Waals surface area contributed by atoms with Gasteiger partial charge >= 0.3 is 5.97 Å². The maximum Gasteiger partial charge on any atom is 0.356 e. The fourth-order valence-corrected chi connectivity index (χ4v) is 9.08. The second-order valence-corrected chi connectivity index (χ2v) is 18.3. The van der Waals surface area contributed by atoms with Crippen molar-refractivity contribution in [1.29, 1.82) is 0 Å². The van der Waals surface area contributed by atoms with Gasteiger partial charge < -0.3 is 47.8 Å². The van der Waals surface area contributed by atoms with Crippen LogP contribution >= 0.6 is 0 Å². The first-order valence-electron chi connectivity index (χ1n) is 25.2. The lowest BCUT2D eigenvalue weighted by molar-refractivity contribution is 0.0372. The summed E-state index contributed by atoms with van der Waals surface area (Å²) in [7, 11) is 0. The van der Waals surface area contributed by atoms with Crippen LogP contribution in [0.5, 0.6) is 11.8 Å². The van der Waals surface area contributed by atoms with Crippen LogP contribution in [0.3, 0.4) is 0 Å². The lowest BCUT2D eigenvalue weighted by Crippen LogP contribution is -2.49. The van der Waals surface area contributed by atoms with Crippen molar-refractivity contribution in [3.8, 4) is 23.1 Å². The number of hydrogen-bond acceptors (Lipinski definition) is 16. The van der Waals surface area contributed by atoms with E-state index in [1.807, 2.05) is 49.1 Å². The van der Waals surface area contributed by atoms with Crippen LogP contribution in [0.2, 0.25) is 0 Å². The highest BCUT2D eigenvalue weighted by atomic mass is 16.5. The summed E-state index contributed by atoms with van der Waals surface area (Å²) in [6, 6.07) is 14.6. The van der Waals surface area contributed by atoms with Gasteiger partial charge in [0.1, 0.15) is 12.2 Å².